The minimum absolute atomic E-state index is 0.914. The maximum atomic E-state index is 3.49. The van der Waals surface area contributed by atoms with Crippen LogP contribution in [0.3, 0.4) is 0 Å². The molecule has 1 atom stereocenters. The summed E-state index contributed by atoms with van der Waals surface area (Å²) in [6.07, 6.45) is 5.02. The minimum atomic E-state index is 0.914. The van der Waals surface area contributed by atoms with E-state index in [0.29, 0.717) is 0 Å². The van der Waals surface area contributed by atoms with Gasteiger partial charge < -0.3 is 5.32 Å². The van der Waals surface area contributed by atoms with Gasteiger partial charge in [-0.25, -0.2) is 0 Å². The van der Waals surface area contributed by atoms with E-state index in [-0.39, 0.29) is 0 Å². The van der Waals surface area contributed by atoms with E-state index in [1.54, 1.807) is 0 Å². The van der Waals surface area contributed by atoms with Crippen LogP contribution in [0.15, 0.2) is 0 Å². The first kappa shape index (κ1) is 9.75. The molecule has 0 spiro atoms. The van der Waals surface area contributed by atoms with Gasteiger partial charge >= 0.3 is 0 Å². The van der Waals surface area contributed by atoms with Crippen molar-refractivity contribution in [2.45, 2.75) is 18.1 Å². The van der Waals surface area contributed by atoms with Crippen molar-refractivity contribution in [3.8, 4) is 0 Å². The lowest BCUT2D eigenvalue weighted by atomic mass is 10.2. The fourth-order valence-corrected chi connectivity index (χ4v) is 2.83. The number of hydrogen-bond acceptors (Lipinski definition) is 3. The Morgan fingerprint density at radius 1 is 1.64 bits per heavy atom. The van der Waals surface area contributed by atoms with Crippen LogP contribution >= 0.6 is 23.5 Å². The highest BCUT2D eigenvalue weighted by molar-refractivity contribution is 8.00. The highest BCUT2D eigenvalue weighted by atomic mass is 32.2. The van der Waals surface area contributed by atoms with Gasteiger partial charge in [0.2, 0.25) is 0 Å². The van der Waals surface area contributed by atoms with E-state index in [2.05, 4.69) is 23.3 Å². The summed E-state index contributed by atoms with van der Waals surface area (Å²) in [7, 11) is 0. The average Bonchev–Trinajstić information content (AvgIpc) is 2.50. The van der Waals surface area contributed by atoms with Crippen LogP contribution < -0.4 is 5.32 Å². The Labute approximate surface area is 78.1 Å². The molecule has 0 radical (unpaired) electrons. The molecular formula is C8H17NS2. The van der Waals surface area contributed by atoms with Gasteiger partial charge in [-0.1, -0.05) is 0 Å². The molecule has 0 aromatic carbocycles. The number of nitrogens with one attached hydrogen (secondary N) is 1. The number of thioether (sulfide) groups is 2. The van der Waals surface area contributed by atoms with Gasteiger partial charge in [0.25, 0.3) is 0 Å². The summed E-state index contributed by atoms with van der Waals surface area (Å²) in [5.74, 6) is 2.63. The molecule has 1 N–H and O–H groups in total. The van der Waals surface area contributed by atoms with Crippen LogP contribution in [0.1, 0.15) is 12.8 Å². The average molecular weight is 191 g/mol. The first-order valence-corrected chi connectivity index (χ1v) is 6.69. The maximum Gasteiger partial charge on any atom is 0.0172 e. The van der Waals surface area contributed by atoms with Crippen molar-refractivity contribution in [3.63, 3.8) is 0 Å². The lowest BCUT2D eigenvalue weighted by molar-refractivity contribution is 0.669. The number of hydrogen-bond donors (Lipinski definition) is 1. The van der Waals surface area contributed by atoms with Gasteiger partial charge in [0.05, 0.1) is 0 Å². The van der Waals surface area contributed by atoms with E-state index < -0.39 is 0 Å². The van der Waals surface area contributed by atoms with Gasteiger partial charge in [0.1, 0.15) is 0 Å². The fourth-order valence-electron chi connectivity index (χ4n) is 1.24. The molecular weight excluding hydrogens is 174 g/mol. The Morgan fingerprint density at radius 3 is 3.18 bits per heavy atom. The van der Waals surface area contributed by atoms with E-state index in [1.807, 2.05) is 11.8 Å². The Bertz CT molecular complexity index is 92.1. The molecule has 0 aliphatic carbocycles. The summed E-state index contributed by atoms with van der Waals surface area (Å²) in [4.78, 5) is 0. The van der Waals surface area contributed by atoms with Gasteiger partial charge in [-0.2, -0.15) is 23.5 Å². The molecule has 11 heavy (non-hydrogen) atoms. The number of rotatable bonds is 5. The second-order valence-corrected chi connectivity index (χ2v) is 5.23. The van der Waals surface area contributed by atoms with E-state index in [0.717, 1.165) is 5.25 Å². The van der Waals surface area contributed by atoms with Crippen molar-refractivity contribution in [1.29, 1.82) is 0 Å². The summed E-state index contributed by atoms with van der Waals surface area (Å²) < 4.78 is 0. The highest BCUT2D eigenvalue weighted by Crippen LogP contribution is 2.24. The molecule has 1 aliphatic heterocycles. The second kappa shape index (κ2) is 6.21. The zero-order valence-electron chi connectivity index (χ0n) is 7.14. The standard InChI is InChI=1S/C8H17NS2/c1-10-6-4-9-7-8-3-2-5-11-8/h8-9H,2-7H2,1H3. The molecule has 1 heterocycles. The van der Waals surface area contributed by atoms with Crippen LogP contribution in [0.2, 0.25) is 0 Å². The summed E-state index contributed by atoms with van der Waals surface area (Å²) in [5.41, 5.74) is 0. The molecule has 1 aliphatic rings. The fraction of sp³-hybridized carbons (Fsp3) is 1.00. The Morgan fingerprint density at radius 2 is 2.55 bits per heavy atom. The Balaban J connectivity index is 1.86. The highest BCUT2D eigenvalue weighted by Gasteiger charge is 2.13. The SMILES string of the molecule is CSCCNCC1CCCS1. The van der Waals surface area contributed by atoms with Gasteiger partial charge in [0.15, 0.2) is 0 Å². The zero-order valence-corrected chi connectivity index (χ0v) is 8.77. The normalized spacial score (nSPS) is 24.3. The molecule has 1 rings (SSSR count). The van der Waals surface area contributed by atoms with Crippen LogP contribution in [0, 0.1) is 0 Å². The van der Waals surface area contributed by atoms with Gasteiger partial charge in [-0.15, -0.1) is 0 Å². The topological polar surface area (TPSA) is 12.0 Å². The van der Waals surface area contributed by atoms with Crippen molar-refractivity contribution in [1.82, 2.24) is 5.32 Å². The van der Waals surface area contributed by atoms with E-state index in [4.69, 9.17) is 0 Å². The van der Waals surface area contributed by atoms with Crippen LogP contribution in [-0.2, 0) is 0 Å². The van der Waals surface area contributed by atoms with Crippen LogP contribution in [0.4, 0.5) is 0 Å². The van der Waals surface area contributed by atoms with Crippen molar-refractivity contribution in [2.75, 3.05) is 30.9 Å². The van der Waals surface area contributed by atoms with Crippen molar-refractivity contribution < 1.29 is 0 Å². The predicted octanol–water partition coefficient (Wildman–Crippen LogP) is 1.83. The third-order valence-corrected chi connectivity index (χ3v) is 3.89. The quantitative estimate of drug-likeness (QED) is 0.666. The van der Waals surface area contributed by atoms with Crippen LogP contribution in [0.5, 0.6) is 0 Å². The zero-order chi connectivity index (χ0) is 7.94. The molecule has 0 aromatic rings. The lowest BCUT2D eigenvalue weighted by Crippen LogP contribution is -2.25. The Kier molecular flexibility index (Phi) is 5.50. The first-order chi connectivity index (χ1) is 5.43. The molecule has 1 saturated heterocycles. The third-order valence-electron chi connectivity index (χ3n) is 1.88. The molecule has 0 saturated carbocycles. The van der Waals surface area contributed by atoms with Crippen LogP contribution in [-0.4, -0.2) is 36.1 Å². The van der Waals surface area contributed by atoms with E-state index >= 15 is 0 Å². The van der Waals surface area contributed by atoms with Gasteiger partial charge in [-0.05, 0) is 24.9 Å². The first-order valence-electron chi connectivity index (χ1n) is 4.24. The monoisotopic (exact) mass is 191 g/mol. The summed E-state index contributed by atoms with van der Waals surface area (Å²) in [5, 5.41) is 4.40. The molecule has 66 valence electrons. The molecule has 0 bridgehead atoms. The predicted molar refractivity (Wildman–Crippen MR) is 56.7 cm³/mol. The van der Waals surface area contributed by atoms with E-state index in [9.17, 15) is 0 Å². The Hall–Kier alpha value is 0.660. The van der Waals surface area contributed by atoms with E-state index in [1.165, 1.54) is 37.4 Å². The lowest BCUT2D eigenvalue weighted by Gasteiger charge is -2.08. The maximum absolute atomic E-state index is 3.49. The van der Waals surface area contributed by atoms with Crippen molar-refractivity contribution >= 4 is 23.5 Å². The van der Waals surface area contributed by atoms with Gasteiger partial charge in [0, 0.05) is 24.1 Å². The third kappa shape index (κ3) is 4.28. The van der Waals surface area contributed by atoms with Crippen molar-refractivity contribution in [3.05, 3.63) is 0 Å². The van der Waals surface area contributed by atoms with Crippen LogP contribution in [0.25, 0.3) is 0 Å². The smallest absolute Gasteiger partial charge is 0.0172 e. The summed E-state index contributed by atoms with van der Waals surface area (Å²) in [6.45, 7) is 2.41. The molecule has 1 unspecified atom stereocenters. The minimum Gasteiger partial charge on any atom is -0.315 e. The van der Waals surface area contributed by atoms with Crippen molar-refractivity contribution in [2.24, 2.45) is 0 Å². The molecule has 0 amide bonds. The summed E-state index contributed by atoms with van der Waals surface area (Å²) >= 11 is 4.05. The molecule has 0 aromatic heterocycles. The molecule has 1 fully saturated rings. The molecule has 3 heteroatoms. The van der Waals surface area contributed by atoms with Gasteiger partial charge in [-0.3, -0.25) is 0 Å². The largest absolute Gasteiger partial charge is 0.315 e. The summed E-state index contributed by atoms with van der Waals surface area (Å²) in [6, 6.07) is 0. The second-order valence-electron chi connectivity index (χ2n) is 2.83. The molecule has 1 nitrogen and oxygen atoms in total.